The van der Waals surface area contributed by atoms with E-state index in [2.05, 4.69) is 11.0 Å². The number of carbonyl (C=O) groups excluding carboxylic acids is 1. The molecular weight excluding hydrogens is 412 g/mol. The Balaban J connectivity index is 1.58. The van der Waals surface area contributed by atoms with Crippen LogP contribution >= 0.6 is 11.6 Å². The van der Waals surface area contributed by atoms with Crippen LogP contribution < -0.4 is 9.64 Å². The number of hydrogen-bond donors (Lipinski definition) is 0. The lowest BCUT2D eigenvalue weighted by molar-refractivity contribution is -0.123. The highest BCUT2D eigenvalue weighted by atomic mass is 35.5. The molecule has 8 heteroatoms. The van der Waals surface area contributed by atoms with E-state index in [1.807, 2.05) is 0 Å². The molecule has 1 amide bonds. The van der Waals surface area contributed by atoms with Crippen molar-refractivity contribution in [1.29, 1.82) is 0 Å². The Morgan fingerprint density at radius 2 is 2.00 bits per heavy atom. The number of amides is 1. The van der Waals surface area contributed by atoms with Crippen LogP contribution in [0.15, 0.2) is 29.8 Å². The maximum Gasteiger partial charge on any atom is 0.241 e. The summed E-state index contributed by atoms with van der Waals surface area (Å²) in [7, 11) is -1.67. The molecule has 0 aromatic heterocycles. The first-order valence-corrected chi connectivity index (χ1v) is 12.4. The van der Waals surface area contributed by atoms with Gasteiger partial charge in [-0.05, 0) is 50.3 Å². The van der Waals surface area contributed by atoms with Crippen LogP contribution in [0.1, 0.15) is 32.1 Å². The lowest BCUT2D eigenvalue weighted by Crippen LogP contribution is -2.62. The number of carbonyl (C=O) groups is 1. The third-order valence-corrected chi connectivity index (χ3v) is 8.21. The zero-order chi connectivity index (χ0) is 20.6. The van der Waals surface area contributed by atoms with Crippen molar-refractivity contribution in [2.45, 2.75) is 44.2 Å². The predicted octanol–water partition coefficient (Wildman–Crippen LogP) is 3.05. The first-order valence-electron chi connectivity index (χ1n) is 10.2. The lowest BCUT2D eigenvalue weighted by Gasteiger charge is -2.43. The van der Waals surface area contributed by atoms with Gasteiger partial charge in [0.25, 0.3) is 0 Å². The summed E-state index contributed by atoms with van der Waals surface area (Å²) in [5.41, 5.74) is 2.06. The van der Waals surface area contributed by atoms with Gasteiger partial charge in [0.1, 0.15) is 5.75 Å². The average molecular weight is 439 g/mol. The van der Waals surface area contributed by atoms with Crippen molar-refractivity contribution in [1.82, 2.24) is 4.90 Å². The van der Waals surface area contributed by atoms with Gasteiger partial charge in [0, 0.05) is 18.3 Å². The lowest BCUT2D eigenvalue weighted by atomic mass is 9.96. The van der Waals surface area contributed by atoms with E-state index in [9.17, 15) is 13.2 Å². The Morgan fingerprint density at radius 3 is 2.69 bits per heavy atom. The van der Waals surface area contributed by atoms with E-state index in [0.717, 1.165) is 25.8 Å². The van der Waals surface area contributed by atoms with E-state index in [4.69, 9.17) is 16.3 Å². The summed E-state index contributed by atoms with van der Waals surface area (Å²) in [4.78, 5) is 16.8. The number of methoxy groups -OCH3 is 1. The Bertz CT molecular complexity index is 931. The molecule has 1 aromatic carbocycles. The monoisotopic (exact) mass is 438 g/mol. The van der Waals surface area contributed by atoms with Gasteiger partial charge >= 0.3 is 0 Å². The van der Waals surface area contributed by atoms with Crippen LogP contribution in [0.25, 0.3) is 0 Å². The largest absolute Gasteiger partial charge is 0.495 e. The number of halogens is 1. The quantitative estimate of drug-likeness (QED) is 0.661. The summed E-state index contributed by atoms with van der Waals surface area (Å²) in [6.45, 7) is 0.957. The number of nitrogens with zero attached hydrogens (tertiary/aromatic N) is 2. The third kappa shape index (κ3) is 4.32. The second-order valence-electron chi connectivity index (χ2n) is 8.12. The summed E-state index contributed by atoms with van der Waals surface area (Å²) >= 11 is 6.26. The first kappa shape index (κ1) is 20.7. The fourth-order valence-corrected chi connectivity index (χ4v) is 7.00. The van der Waals surface area contributed by atoms with Gasteiger partial charge in [0.05, 0.1) is 36.2 Å². The Labute approximate surface area is 177 Å². The third-order valence-electron chi connectivity index (χ3n) is 6.22. The van der Waals surface area contributed by atoms with Crippen molar-refractivity contribution >= 4 is 33.0 Å². The van der Waals surface area contributed by atoms with Crippen molar-refractivity contribution in [3.63, 3.8) is 0 Å². The van der Waals surface area contributed by atoms with Gasteiger partial charge in [-0.25, -0.2) is 8.42 Å². The van der Waals surface area contributed by atoms with Gasteiger partial charge in [-0.3, -0.25) is 9.69 Å². The molecule has 2 aliphatic heterocycles. The SMILES string of the molecule is COc1ccc(N2C(=O)CN(CCC3=CCCCC3)[C@H]3CS(=O)(=O)C[C@@H]32)cc1Cl. The first-order chi connectivity index (χ1) is 13.9. The van der Waals surface area contributed by atoms with Crippen LogP contribution in [-0.4, -0.2) is 63.0 Å². The number of rotatable bonds is 5. The summed E-state index contributed by atoms with van der Waals surface area (Å²) in [5.74, 6) is 0.538. The fourth-order valence-electron chi connectivity index (χ4n) is 4.76. The van der Waals surface area contributed by atoms with E-state index in [0.29, 0.717) is 16.5 Å². The number of hydrogen-bond acceptors (Lipinski definition) is 5. The predicted molar refractivity (Wildman–Crippen MR) is 114 cm³/mol. The molecule has 0 saturated carbocycles. The minimum Gasteiger partial charge on any atom is -0.495 e. The van der Waals surface area contributed by atoms with Gasteiger partial charge in [-0.1, -0.05) is 23.3 Å². The number of benzene rings is 1. The smallest absolute Gasteiger partial charge is 0.241 e. The molecule has 29 heavy (non-hydrogen) atoms. The van der Waals surface area contributed by atoms with Crippen LogP contribution in [-0.2, 0) is 14.6 Å². The van der Waals surface area contributed by atoms with Gasteiger partial charge in [0.2, 0.25) is 5.91 Å². The van der Waals surface area contributed by atoms with Crippen molar-refractivity contribution in [3.8, 4) is 5.75 Å². The molecule has 0 N–H and O–H groups in total. The summed E-state index contributed by atoms with van der Waals surface area (Å²) in [6.07, 6.45) is 7.92. The maximum atomic E-state index is 13.1. The van der Waals surface area contributed by atoms with Crippen LogP contribution in [0, 0.1) is 0 Å². The van der Waals surface area contributed by atoms with Gasteiger partial charge in [-0.15, -0.1) is 0 Å². The molecule has 0 bridgehead atoms. The molecule has 2 heterocycles. The van der Waals surface area contributed by atoms with E-state index >= 15 is 0 Å². The summed E-state index contributed by atoms with van der Waals surface area (Å²) in [5, 5.41) is 0.405. The highest BCUT2D eigenvalue weighted by Gasteiger charge is 2.49. The van der Waals surface area contributed by atoms with Gasteiger partial charge in [0.15, 0.2) is 9.84 Å². The molecule has 2 atom stereocenters. The molecule has 4 rings (SSSR count). The summed E-state index contributed by atoms with van der Waals surface area (Å²) in [6, 6.07) is 4.61. The van der Waals surface area contributed by atoms with Crippen molar-refractivity contribution < 1.29 is 17.9 Å². The van der Waals surface area contributed by atoms with Crippen LogP contribution in [0.5, 0.6) is 5.75 Å². The summed E-state index contributed by atoms with van der Waals surface area (Å²) < 4.78 is 30.2. The second kappa shape index (κ2) is 8.28. The van der Waals surface area contributed by atoms with E-state index < -0.39 is 9.84 Å². The molecule has 158 valence electrons. The standard InChI is InChI=1S/C21H27ClN2O4S/c1-28-20-8-7-16(11-17(20)22)24-19-14-29(26,27)13-18(19)23(12-21(24)25)10-9-15-5-3-2-4-6-15/h5,7-8,11,18-19H,2-4,6,9-10,12-14H2,1H3/t18-,19-/m0/s1. The van der Waals surface area contributed by atoms with Gasteiger partial charge in [-0.2, -0.15) is 0 Å². The van der Waals surface area contributed by atoms with Crippen LogP contribution in [0.2, 0.25) is 5.02 Å². The number of ether oxygens (including phenoxy) is 1. The molecule has 6 nitrogen and oxygen atoms in total. The van der Waals surface area contributed by atoms with Crippen molar-refractivity contribution in [3.05, 3.63) is 34.9 Å². The van der Waals surface area contributed by atoms with Crippen LogP contribution in [0.3, 0.4) is 0 Å². The molecular formula is C21H27ClN2O4S. The molecule has 0 spiro atoms. The Hall–Kier alpha value is -1.57. The minimum atomic E-state index is -3.20. The molecule has 3 aliphatic rings. The maximum absolute atomic E-state index is 13.1. The molecule has 2 fully saturated rings. The molecule has 1 aliphatic carbocycles. The molecule has 1 aromatic rings. The van der Waals surface area contributed by atoms with Crippen LogP contribution in [0.4, 0.5) is 5.69 Å². The number of allylic oxidation sites excluding steroid dienone is 1. The van der Waals surface area contributed by atoms with Crippen molar-refractivity contribution in [2.24, 2.45) is 0 Å². The molecule has 0 radical (unpaired) electrons. The average Bonchev–Trinajstić information content (AvgIpc) is 3.01. The number of anilines is 1. The van der Waals surface area contributed by atoms with E-state index in [1.54, 1.807) is 23.1 Å². The van der Waals surface area contributed by atoms with Gasteiger partial charge < -0.3 is 9.64 Å². The highest BCUT2D eigenvalue weighted by Crippen LogP contribution is 2.35. The zero-order valence-corrected chi connectivity index (χ0v) is 18.2. The second-order valence-corrected chi connectivity index (χ2v) is 10.7. The Kier molecular flexibility index (Phi) is 5.91. The normalized spacial score (nSPS) is 26.9. The molecule has 2 saturated heterocycles. The highest BCUT2D eigenvalue weighted by molar-refractivity contribution is 7.91. The Morgan fingerprint density at radius 1 is 1.21 bits per heavy atom. The van der Waals surface area contributed by atoms with E-state index in [1.165, 1.54) is 25.5 Å². The number of piperazine rings is 1. The van der Waals surface area contributed by atoms with Crippen molar-refractivity contribution in [2.75, 3.05) is 36.6 Å². The fraction of sp³-hybridized carbons (Fsp3) is 0.571. The number of fused-ring (bicyclic) bond motifs is 1. The zero-order valence-electron chi connectivity index (χ0n) is 16.6. The van der Waals surface area contributed by atoms with E-state index in [-0.39, 0.29) is 36.0 Å². The molecule has 0 unspecified atom stereocenters. The minimum absolute atomic E-state index is 0.00769. The number of sulfone groups is 1. The topological polar surface area (TPSA) is 66.9 Å².